The summed E-state index contributed by atoms with van der Waals surface area (Å²) in [5, 5.41) is 10.6. The molecule has 0 amide bonds. The number of aryl methyl sites for hydroxylation is 1. The van der Waals surface area contributed by atoms with Gasteiger partial charge in [-0.15, -0.1) is 0 Å². The Bertz CT molecular complexity index is 603. The van der Waals surface area contributed by atoms with Crippen molar-refractivity contribution in [2.45, 2.75) is 38.0 Å². The molecular weight excluding hydrogens is 228 g/mol. The van der Waals surface area contributed by atoms with Crippen molar-refractivity contribution in [1.29, 1.82) is 0 Å². The maximum absolute atomic E-state index is 11.7. The molecule has 0 saturated heterocycles. The number of aliphatic carboxylic acids is 1. The van der Waals surface area contributed by atoms with Crippen molar-refractivity contribution in [2.24, 2.45) is 0 Å². The fraction of sp³-hybridized carbons (Fsp3) is 0.400. The summed E-state index contributed by atoms with van der Waals surface area (Å²) in [6, 6.07) is 5.79. The van der Waals surface area contributed by atoms with E-state index in [1.54, 1.807) is 6.26 Å². The predicted molar refractivity (Wildman–Crippen MR) is 68.7 cm³/mol. The third kappa shape index (κ3) is 1.47. The van der Waals surface area contributed by atoms with Gasteiger partial charge in [0, 0.05) is 5.39 Å². The van der Waals surface area contributed by atoms with Gasteiger partial charge in [0.25, 0.3) is 0 Å². The quantitative estimate of drug-likeness (QED) is 0.877. The van der Waals surface area contributed by atoms with E-state index in [0.717, 1.165) is 47.8 Å². The standard InChI is InChI=1S/C15H16O3/c1-10-9-18-13-5-4-11(8-12(10)13)15(14(16)17)6-2-3-7-15/h4-5,8-9H,2-3,6-7H2,1H3,(H,16,17). The summed E-state index contributed by atoms with van der Waals surface area (Å²) < 4.78 is 5.41. The molecule has 0 bridgehead atoms. The molecule has 0 aliphatic heterocycles. The zero-order valence-electron chi connectivity index (χ0n) is 10.4. The highest BCUT2D eigenvalue weighted by Gasteiger charge is 2.42. The number of rotatable bonds is 2. The van der Waals surface area contributed by atoms with Crippen molar-refractivity contribution in [1.82, 2.24) is 0 Å². The second-order valence-electron chi connectivity index (χ2n) is 5.22. The van der Waals surface area contributed by atoms with Gasteiger partial charge in [-0.25, -0.2) is 0 Å². The minimum Gasteiger partial charge on any atom is -0.481 e. The molecule has 1 aromatic carbocycles. The maximum atomic E-state index is 11.7. The van der Waals surface area contributed by atoms with Gasteiger partial charge in [-0.2, -0.15) is 0 Å². The lowest BCUT2D eigenvalue weighted by Gasteiger charge is -2.24. The van der Waals surface area contributed by atoms with E-state index in [1.165, 1.54) is 0 Å². The van der Waals surface area contributed by atoms with Gasteiger partial charge in [0.15, 0.2) is 0 Å². The van der Waals surface area contributed by atoms with Crippen molar-refractivity contribution in [2.75, 3.05) is 0 Å². The van der Waals surface area contributed by atoms with E-state index >= 15 is 0 Å². The van der Waals surface area contributed by atoms with Gasteiger partial charge >= 0.3 is 5.97 Å². The fourth-order valence-corrected chi connectivity index (χ4v) is 3.06. The molecule has 1 aromatic heterocycles. The van der Waals surface area contributed by atoms with Crippen molar-refractivity contribution >= 4 is 16.9 Å². The average molecular weight is 244 g/mol. The van der Waals surface area contributed by atoms with E-state index in [0.29, 0.717) is 0 Å². The molecule has 1 aliphatic rings. The summed E-state index contributed by atoms with van der Waals surface area (Å²) in [5.74, 6) is -0.694. The van der Waals surface area contributed by atoms with E-state index in [2.05, 4.69) is 0 Å². The number of benzene rings is 1. The Hall–Kier alpha value is -1.77. The van der Waals surface area contributed by atoms with Crippen LogP contribution in [-0.4, -0.2) is 11.1 Å². The van der Waals surface area contributed by atoms with Crippen LogP contribution in [0.1, 0.15) is 36.8 Å². The molecule has 1 heterocycles. The predicted octanol–water partition coefficient (Wildman–Crippen LogP) is 3.64. The highest BCUT2D eigenvalue weighted by molar-refractivity contribution is 5.86. The Balaban J connectivity index is 2.17. The lowest BCUT2D eigenvalue weighted by molar-refractivity contribution is -0.143. The third-order valence-corrected chi connectivity index (χ3v) is 4.19. The first-order valence-corrected chi connectivity index (χ1v) is 6.35. The summed E-state index contributed by atoms with van der Waals surface area (Å²) in [4.78, 5) is 11.7. The lowest BCUT2D eigenvalue weighted by atomic mass is 9.78. The van der Waals surface area contributed by atoms with Crippen LogP contribution in [0.5, 0.6) is 0 Å². The average Bonchev–Trinajstić information content (AvgIpc) is 2.97. The van der Waals surface area contributed by atoms with E-state index < -0.39 is 11.4 Å². The Morgan fingerprint density at radius 3 is 2.72 bits per heavy atom. The summed E-state index contributed by atoms with van der Waals surface area (Å²) in [6.45, 7) is 1.98. The number of carboxylic acids is 1. The number of hydrogen-bond donors (Lipinski definition) is 1. The number of hydrogen-bond acceptors (Lipinski definition) is 2. The second-order valence-corrected chi connectivity index (χ2v) is 5.22. The molecule has 3 rings (SSSR count). The molecule has 0 spiro atoms. The SMILES string of the molecule is Cc1coc2ccc(C3(C(=O)O)CCCC3)cc12. The maximum Gasteiger partial charge on any atom is 0.314 e. The summed E-state index contributed by atoms with van der Waals surface area (Å²) in [7, 11) is 0. The highest BCUT2D eigenvalue weighted by Crippen LogP contribution is 2.42. The first-order valence-electron chi connectivity index (χ1n) is 6.35. The van der Waals surface area contributed by atoms with Crippen LogP contribution in [0.4, 0.5) is 0 Å². The van der Waals surface area contributed by atoms with Gasteiger partial charge in [-0.1, -0.05) is 18.9 Å². The van der Waals surface area contributed by atoms with Crippen LogP contribution >= 0.6 is 0 Å². The van der Waals surface area contributed by atoms with Crippen LogP contribution in [0, 0.1) is 6.92 Å². The number of fused-ring (bicyclic) bond motifs is 1. The van der Waals surface area contributed by atoms with E-state index in [4.69, 9.17) is 4.42 Å². The molecular formula is C15H16O3. The molecule has 3 nitrogen and oxygen atoms in total. The Kier molecular flexibility index (Phi) is 2.44. The minimum absolute atomic E-state index is 0.683. The summed E-state index contributed by atoms with van der Waals surface area (Å²) in [5.41, 5.74) is 2.13. The lowest BCUT2D eigenvalue weighted by Crippen LogP contribution is -2.32. The van der Waals surface area contributed by atoms with Gasteiger partial charge in [0.2, 0.25) is 0 Å². The van der Waals surface area contributed by atoms with E-state index in [-0.39, 0.29) is 0 Å². The topological polar surface area (TPSA) is 50.4 Å². The van der Waals surface area contributed by atoms with Crippen LogP contribution in [-0.2, 0) is 10.2 Å². The van der Waals surface area contributed by atoms with Crippen LogP contribution < -0.4 is 0 Å². The summed E-state index contributed by atoms with van der Waals surface area (Å²) in [6.07, 6.45) is 5.19. The second kappa shape index (κ2) is 3.87. The normalized spacial score (nSPS) is 18.3. The van der Waals surface area contributed by atoms with Crippen LogP contribution in [0.2, 0.25) is 0 Å². The van der Waals surface area contributed by atoms with Crippen molar-refractivity contribution < 1.29 is 14.3 Å². The molecule has 0 unspecified atom stereocenters. The van der Waals surface area contributed by atoms with Crippen molar-refractivity contribution in [3.63, 3.8) is 0 Å². The van der Waals surface area contributed by atoms with Gasteiger partial charge in [0.1, 0.15) is 5.58 Å². The van der Waals surface area contributed by atoms with Crippen LogP contribution in [0.25, 0.3) is 11.0 Å². The van der Waals surface area contributed by atoms with Crippen LogP contribution in [0.3, 0.4) is 0 Å². The molecule has 1 aliphatic carbocycles. The molecule has 1 saturated carbocycles. The van der Waals surface area contributed by atoms with Gasteiger partial charge in [-0.05, 0) is 43.0 Å². The molecule has 1 fully saturated rings. The summed E-state index contributed by atoms with van der Waals surface area (Å²) >= 11 is 0. The number of carbonyl (C=O) groups is 1. The zero-order valence-corrected chi connectivity index (χ0v) is 10.4. The van der Waals surface area contributed by atoms with Crippen molar-refractivity contribution in [3.8, 4) is 0 Å². The van der Waals surface area contributed by atoms with Crippen LogP contribution in [0.15, 0.2) is 28.9 Å². The molecule has 0 atom stereocenters. The first-order chi connectivity index (χ1) is 8.63. The molecule has 1 N–H and O–H groups in total. The molecule has 0 radical (unpaired) electrons. The zero-order chi connectivity index (χ0) is 12.8. The van der Waals surface area contributed by atoms with Crippen molar-refractivity contribution in [3.05, 3.63) is 35.6 Å². The first kappa shape index (κ1) is 11.3. The molecule has 18 heavy (non-hydrogen) atoms. The highest BCUT2D eigenvalue weighted by atomic mass is 16.4. The smallest absolute Gasteiger partial charge is 0.314 e. The van der Waals surface area contributed by atoms with Gasteiger partial charge in [0.05, 0.1) is 11.7 Å². The fourth-order valence-electron chi connectivity index (χ4n) is 3.06. The number of carboxylic acid groups (broad SMARTS) is 1. The Morgan fingerprint density at radius 2 is 2.06 bits per heavy atom. The Morgan fingerprint density at radius 1 is 1.33 bits per heavy atom. The number of furan rings is 1. The minimum atomic E-state index is -0.694. The Labute approximate surface area is 105 Å². The molecule has 2 aromatic rings. The third-order valence-electron chi connectivity index (χ3n) is 4.19. The monoisotopic (exact) mass is 244 g/mol. The van der Waals surface area contributed by atoms with Gasteiger partial charge in [-0.3, -0.25) is 4.79 Å². The van der Waals surface area contributed by atoms with E-state index in [1.807, 2.05) is 25.1 Å². The molecule has 3 heteroatoms. The van der Waals surface area contributed by atoms with Gasteiger partial charge < -0.3 is 9.52 Å². The largest absolute Gasteiger partial charge is 0.481 e. The van der Waals surface area contributed by atoms with E-state index in [9.17, 15) is 9.90 Å². The molecule has 94 valence electrons.